The summed E-state index contributed by atoms with van der Waals surface area (Å²) in [5, 5.41) is 22.6. The maximum atomic E-state index is 12.9. The largest absolute Gasteiger partial charge is 0.398 e. The lowest BCUT2D eigenvalue weighted by atomic mass is 9.89. The van der Waals surface area contributed by atoms with Crippen LogP contribution < -0.4 is 27.0 Å². The lowest BCUT2D eigenvalue weighted by Crippen LogP contribution is -2.42. The van der Waals surface area contributed by atoms with E-state index in [-0.39, 0.29) is 43.6 Å². The number of nitrogens with one attached hydrogen (secondary N) is 4. The highest BCUT2D eigenvalue weighted by molar-refractivity contribution is 5.86. The van der Waals surface area contributed by atoms with Crippen molar-refractivity contribution in [3.05, 3.63) is 89.9 Å². The third-order valence-electron chi connectivity index (χ3n) is 11.2. The first-order chi connectivity index (χ1) is 26.5. The Morgan fingerprint density at radius 3 is 2.25 bits per heavy atom. The zero-order valence-corrected chi connectivity index (χ0v) is 34.1. The molecule has 4 rings (SSSR count). The molecule has 1 aliphatic carbocycles. The van der Waals surface area contributed by atoms with Crippen LogP contribution >= 0.6 is 0 Å². The van der Waals surface area contributed by atoms with Gasteiger partial charge in [-0.1, -0.05) is 115 Å². The van der Waals surface area contributed by atoms with E-state index in [1.807, 2.05) is 18.0 Å². The maximum Gasteiger partial charge on any atom is 0.239 e. The first-order valence-electron chi connectivity index (χ1n) is 21.0. The number of hydrogen-bond donors (Lipinski definition) is 6. The Balaban J connectivity index is 1.33. The summed E-state index contributed by atoms with van der Waals surface area (Å²) in [4.78, 5) is 27.8. The number of aliphatic hydroxyl groups is 1. The number of fused-ring (bicyclic) bond motifs is 5. The first kappa shape index (κ1) is 43.5. The molecule has 1 saturated carbocycles. The van der Waals surface area contributed by atoms with Gasteiger partial charge in [0, 0.05) is 41.4 Å². The third-order valence-corrected chi connectivity index (χ3v) is 11.2. The zero-order chi connectivity index (χ0) is 39.7. The molecule has 2 aromatic rings. The number of hydrogen-bond acceptors (Lipinski definition) is 7. The van der Waals surface area contributed by atoms with E-state index in [4.69, 9.17) is 5.73 Å². The molecule has 1 fully saturated rings. The van der Waals surface area contributed by atoms with Gasteiger partial charge in [0.1, 0.15) is 0 Å². The highest BCUT2D eigenvalue weighted by Crippen LogP contribution is 2.47. The van der Waals surface area contributed by atoms with Gasteiger partial charge in [-0.2, -0.15) is 0 Å². The number of nitrogens with zero attached hydrogens (tertiary/aromatic N) is 1. The number of nitrogen functional groups attached to an aromatic ring is 1. The van der Waals surface area contributed by atoms with Crippen LogP contribution in [0.2, 0.25) is 0 Å². The summed E-state index contributed by atoms with van der Waals surface area (Å²) in [6.07, 6.45) is 17.3. The molecule has 2 amide bonds. The minimum absolute atomic E-state index is 0.164. The number of anilines is 1. The zero-order valence-electron chi connectivity index (χ0n) is 34.1. The lowest BCUT2D eigenvalue weighted by Gasteiger charge is -2.35. The van der Waals surface area contributed by atoms with Gasteiger partial charge in [-0.25, -0.2) is 0 Å². The van der Waals surface area contributed by atoms with Crippen molar-refractivity contribution >= 4 is 17.5 Å². The fraction of sp³-hybridized carbons (Fsp3) is 0.565. The second kappa shape index (κ2) is 22.3. The Kier molecular flexibility index (Phi) is 17.7. The summed E-state index contributed by atoms with van der Waals surface area (Å²) >= 11 is 0. The minimum Gasteiger partial charge on any atom is -0.398 e. The van der Waals surface area contributed by atoms with E-state index < -0.39 is 5.92 Å². The molecule has 1 heterocycles. The van der Waals surface area contributed by atoms with Crippen LogP contribution in [0.4, 0.5) is 5.69 Å². The quantitative estimate of drug-likeness (QED) is 0.0563. The minimum atomic E-state index is -0.510. The molecule has 7 N–H and O–H groups in total. The van der Waals surface area contributed by atoms with Crippen molar-refractivity contribution in [2.24, 2.45) is 5.92 Å². The van der Waals surface area contributed by atoms with Crippen LogP contribution in [0.5, 0.6) is 0 Å². The van der Waals surface area contributed by atoms with Crippen LogP contribution in [0.15, 0.2) is 73.2 Å². The van der Waals surface area contributed by atoms with Crippen molar-refractivity contribution in [3.63, 3.8) is 0 Å². The molecule has 9 heteroatoms. The van der Waals surface area contributed by atoms with E-state index in [1.165, 1.54) is 75.3 Å². The Morgan fingerprint density at radius 1 is 0.927 bits per heavy atom. The molecular weight excluding hydrogens is 685 g/mol. The first-order valence-corrected chi connectivity index (χ1v) is 21.0. The number of benzene rings is 2. The normalized spacial score (nSPS) is 17.7. The Morgan fingerprint density at radius 2 is 1.60 bits per heavy atom. The molecule has 302 valence electrons. The van der Waals surface area contributed by atoms with Gasteiger partial charge >= 0.3 is 0 Å². The standard InChI is InChI=1S/C46H70N6O3/c1-7-8-9-10-11-12-13-14-15-16-17-18-39(31-53)46(55)50-30-44(54)49-29-34(4)52(6)45-35(5)48-28-33(3)51-32(2)25-36-19-24-43(47)42(26-36)41-27-38(45)22-23-40(41)37-20-21-37/h19,22-24,26-27,32,37,39,45,48,51,53H,3-5,7-18,20-21,25,28-31,47H2,1-2,6H3,(H,49,54)(H,50,55)/t32?,39?,45-/m1/s1. The van der Waals surface area contributed by atoms with Crippen LogP contribution in [0.3, 0.4) is 0 Å². The van der Waals surface area contributed by atoms with Gasteiger partial charge in [0.2, 0.25) is 11.8 Å². The fourth-order valence-corrected chi connectivity index (χ4v) is 7.71. The second-order valence-corrected chi connectivity index (χ2v) is 16.1. The predicted octanol–water partition coefficient (Wildman–Crippen LogP) is 7.99. The molecule has 3 atom stereocenters. The van der Waals surface area contributed by atoms with Gasteiger partial charge in [-0.15, -0.1) is 0 Å². The topological polar surface area (TPSA) is 132 Å². The molecule has 55 heavy (non-hydrogen) atoms. The highest BCUT2D eigenvalue weighted by atomic mass is 16.3. The fourth-order valence-electron chi connectivity index (χ4n) is 7.71. The van der Waals surface area contributed by atoms with Crippen molar-refractivity contribution in [2.75, 3.05) is 39.0 Å². The Labute approximate surface area is 331 Å². The van der Waals surface area contributed by atoms with Gasteiger partial charge in [-0.05, 0) is 79.0 Å². The molecule has 2 aliphatic rings. The van der Waals surface area contributed by atoms with E-state index in [0.29, 0.717) is 24.6 Å². The van der Waals surface area contributed by atoms with Gasteiger partial charge in [0.05, 0.1) is 38.2 Å². The smallest absolute Gasteiger partial charge is 0.239 e. The monoisotopic (exact) mass is 755 g/mol. The average Bonchev–Trinajstić information content (AvgIpc) is 4.02. The number of rotatable bonds is 21. The molecule has 4 bridgehead atoms. The highest BCUT2D eigenvalue weighted by Gasteiger charge is 2.30. The van der Waals surface area contributed by atoms with Crippen molar-refractivity contribution < 1.29 is 14.7 Å². The summed E-state index contributed by atoms with van der Waals surface area (Å²) in [5.41, 5.74) is 15.5. The number of amides is 2. The molecule has 0 saturated heterocycles. The van der Waals surface area contributed by atoms with E-state index in [1.54, 1.807) is 0 Å². The van der Waals surface area contributed by atoms with E-state index >= 15 is 0 Å². The summed E-state index contributed by atoms with van der Waals surface area (Å²) in [5.74, 6) is -0.593. The van der Waals surface area contributed by atoms with E-state index in [9.17, 15) is 14.7 Å². The molecule has 1 aliphatic heterocycles. The molecule has 0 spiro atoms. The van der Waals surface area contributed by atoms with Gasteiger partial charge in [0.25, 0.3) is 0 Å². The summed E-state index contributed by atoms with van der Waals surface area (Å²) in [6.45, 7) is 17.8. The van der Waals surface area contributed by atoms with Crippen LogP contribution in [-0.2, 0) is 16.0 Å². The van der Waals surface area contributed by atoms with Crippen LogP contribution in [-0.4, -0.2) is 61.2 Å². The van der Waals surface area contributed by atoms with Crippen LogP contribution in [0, 0.1) is 5.92 Å². The Bertz CT molecular complexity index is 1600. The molecule has 0 radical (unpaired) electrons. The SMILES string of the molecule is C=C1CNC(=C)[C@@H](N(C)C(=C)CNC(=O)CNC(=O)C(CO)CCCCCCCCCCCCC)c2ccc(C3CC3)c(c2)-c2cc(ccc2N)CC(C)N1. The molecule has 9 nitrogen and oxygen atoms in total. The predicted molar refractivity (Wildman–Crippen MR) is 228 cm³/mol. The Hall–Kier alpha value is -4.24. The van der Waals surface area contributed by atoms with Crippen molar-refractivity contribution in [3.8, 4) is 11.1 Å². The van der Waals surface area contributed by atoms with Crippen LogP contribution in [0.25, 0.3) is 11.1 Å². The summed E-state index contributed by atoms with van der Waals surface area (Å²) in [6, 6.07) is 12.9. The summed E-state index contributed by atoms with van der Waals surface area (Å²) < 4.78 is 0. The van der Waals surface area contributed by atoms with E-state index in [2.05, 4.69) is 85.2 Å². The van der Waals surface area contributed by atoms with Gasteiger partial charge in [0.15, 0.2) is 0 Å². The van der Waals surface area contributed by atoms with Crippen molar-refractivity contribution in [1.82, 2.24) is 26.2 Å². The number of unbranched alkanes of at least 4 members (excludes halogenated alkanes) is 10. The molecule has 0 aromatic heterocycles. The summed E-state index contributed by atoms with van der Waals surface area (Å²) in [7, 11) is 1.95. The van der Waals surface area contributed by atoms with Gasteiger partial charge in [-0.3, -0.25) is 9.59 Å². The van der Waals surface area contributed by atoms with Crippen molar-refractivity contribution in [2.45, 2.75) is 128 Å². The molecule has 2 unspecified atom stereocenters. The number of nitrogens with two attached hydrogens (primary N) is 1. The number of likely N-dealkylation sites (N-methyl/N-ethyl adjacent to an activating group) is 1. The number of aliphatic hydroxyl groups excluding tert-OH is 1. The average molecular weight is 755 g/mol. The van der Waals surface area contributed by atoms with Crippen molar-refractivity contribution in [1.29, 1.82) is 0 Å². The second-order valence-electron chi connectivity index (χ2n) is 16.1. The van der Waals surface area contributed by atoms with E-state index in [0.717, 1.165) is 59.5 Å². The number of carbonyl (C=O) groups is 2. The lowest BCUT2D eigenvalue weighted by molar-refractivity contribution is -0.129. The maximum absolute atomic E-state index is 12.9. The molecule has 2 aromatic carbocycles. The number of carbonyl (C=O) groups excluding carboxylic acids is 2. The molecular formula is C46H70N6O3. The van der Waals surface area contributed by atoms with Crippen LogP contribution in [0.1, 0.15) is 132 Å². The van der Waals surface area contributed by atoms with Gasteiger partial charge < -0.3 is 37.0 Å². The third kappa shape index (κ3) is 13.8.